The number of thiocarbonyl (C=S) groups is 1. The molecule has 0 aromatic heterocycles. The lowest BCUT2D eigenvalue weighted by Gasteiger charge is -2.33. The molecule has 6 nitrogen and oxygen atoms in total. The van der Waals surface area contributed by atoms with Crippen LogP contribution >= 0.6 is 12.2 Å². The maximum absolute atomic E-state index is 11.9. The number of ether oxygens (including phenoxy) is 2. The quantitative estimate of drug-likeness (QED) is 0.732. The number of rotatable bonds is 6. The summed E-state index contributed by atoms with van der Waals surface area (Å²) in [5.41, 5.74) is 1.09. The Balaban J connectivity index is 1.63. The fourth-order valence-corrected chi connectivity index (χ4v) is 5.48. The van der Waals surface area contributed by atoms with Crippen LogP contribution < -0.4 is 10.1 Å². The van der Waals surface area contributed by atoms with Crippen molar-refractivity contribution in [1.29, 1.82) is 0 Å². The lowest BCUT2D eigenvalue weighted by atomic mass is 10.1. The molecule has 2 saturated heterocycles. The standard InChI is InChI=1S/C18H26N2O4S2/c1-23-16-6-4-14(5-7-16)11-19-18(25)20(12-17-3-2-9-24-17)15-8-10-26(21,22)13-15/h4-7,15,17H,2-3,8-13H2,1H3,(H,19,25)/t15-,17+/m0/s1. The van der Waals surface area contributed by atoms with Crippen molar-refractivity contribution >= 4 is 27.2 Å². The summed E-state index contributed by atoms with van der Waals surface area (Å²) in [5, 5.41) is 3.88. The molecule has 2 fully saturated rings. The smallest absolute Gasteiger partial charge is 0.169 e. The molecule has 2 aliphatic heterocycles. The molecule has 1 aromatic carbocycles. The zero-order valence-corrected chi connectivity index (χ0v) is 16.7. The minimum atomic E-state index is -2.97. The summed E-state index contributed by atoms with van der Waals surface area (Å²) in [6.45, 7) is 2.01. The Bertz CT molecular complexity index is 715. The van der Waals surface area contributed by atoms with Crippen molar-refractivity contribution in [1.82, 2.24) is 10.2 Å². The second-order valence-electron chi connectivity index (χ2n) is 6.85. The van der Waals surface area contributed by atoms with E-state index in [-0.39, 0.29) is 23.7 Å². The molecule has 2 heterocycles. The molecular weight excluding hydrogens is 372 g/mol. The van der Waals surface area contributed by atoms with Crippen LogP contribution in [0.25, 0.3) is 0 Å². The van der Waals surface area contributed by atoms with Gasteiger partial charge in [0.2, 0.25) is 0 Å². The number of hydrogen-bond donors (Lipinski definition) is 1. The van der Waals surface area contributed by atoms with Gasteiger partial charge in [-0.1, -0.05) is 12.1 Å². The van der Waals surface area contributed by atoms with Gasteiger partial charge in [-0.2, -0.15) is 0 Å². The van der Waals surface area contributed by atoms with Crippen LogP contribution in [0.5, 0.6) is 5.75 Å². The maximum atomic E-state index is 11.9. The topological polar surface area (TPSA) is 67.9 Å². The first-order chi connectivity index (χ1) is 12.5. The average molecular weight is 399 g/mol. The van der Waals surface area contributed by atoms with Gasteiger partial charge in [0.05, 0.1) is 24.7 Å². The minimum absolute atomic E-state index is 0.0694. The Morgan fingerprint density at radius 1 is 1.35 bits per heavy atom. The molecule has 8 heteroatoms. The molecule has 0 radical (unpaired) electrons. The monoisotopic (exact) mass is 398 g/mol. The first-order valence-corrected chi connectivity index (χ1v) is 11.2. The van der Waals surface area contributed by atoms with Crippen LogP contribution in [-0.2, 0) is 21.1 Å². The van der Waals surface area contributed by atoms with Gasteiger partial charge in [-0.15, -0.1) is 0 Å². The van der Waals surface area contributed by atoms with Gasteiger partial charge in [0.25, 0.3) is 0 Å². The third kappa shape index (κ3) is 5.08. The zero-order chi connectivity index (χ0) is 18.6. The van der Waals surface area contributed by atoms with Gasteiger partial charge in [0.15, 0.2) is 14.9 Å². The van der Waals surface area contributed by atoms with Crippen molar-refractivity contribution in [3.8, 4) is 5.75 Å². The highest BCUT2D eigenvalue weighted by atomic mass is 32.2. The summed E-state index contributed by atoms with van der Waals surface area (Å²) in [7, 11) is -1.33. The molecule has 3 rings (SSSR count). The van der Waals surface area contributed by atoms with Crippen molar-refractivity contribution in [3.63, 3.8) is 0 Å². The molecular formula is C18H26N2O4S2. The summed E-state index contributed by atoms with van der Waals surface area (Å²) in [4.78, 5) is 2.03. The van der Waals surface area contributed by atoms with Crippen molar-refractivity contribution in [2.45, 2.75) is 38.0 Å². The third-order valence-electron chi connectivity index (χ3n) is 4.94. The highest BCUT2D eigenvalue weighted by molar-refractivity contribution is 7.91. The van der Waals surface area contributed by atoms with Gasteiger partial charge in [-0.3, -0.25) is 0 Å². The van der Waals surface area contributed by atoms with Crippen LogP contribution in [0.15, 0.2) is 24.3 Å². The van der Waals surface area contributed by atoms with E-state index in [0.29, 0.717) is 24.6 Å². The van der Waals surface area contributed by atoms with Crippen LogP contribution in [0, 0.1) is 0 Å². The molecule has 0 spiro atoms. The van der Waals surface area contributed by atoms with Crippen molar-refractivity contribution in [2.75, 3.05) is 31.8 Å². The Kier molecular flexibility index (Phi) is 6.37. The van der Waals surface area contributed by atoms with Gasteiger partial charge in [0.1, 0.15) is 5.75 Å². The summed E-state index contributed by atoms with van der Waals surface area (Å²) in [5.74, 6) is 1.22. The normalized spacial score (nSPS) is 24.3. The van der Waals surface area contributed by atoms with Gasteiger partial charge in [-0.25, -0.2) is 8.42 Å². The number of hydrogen-bond acceptors (Lipinski definition) is 5. The highest BCUT2D eigenvalue weighted by Crippen LogP contribution is 2.22. The number of sulfone groups is 1. The van der Waals surface area contributed by atoms with Crippen molar-refractivity contribution < 1.29 is 17.9 Å². The summed E-state index contributed by atoms with van der Waals surface area (Å²) in [6, 6.07) is 7.72. The second kappa shape index (κ2) is 8.54. The first kappa shape index (κ1) is 19.4. The highest BCUT2D eigenvalue weighted by Gasteiger charge is 2.35. The number of methoxy groups -OCH3 is 1. The van der Waals surface area contributed by atoms with E-state index >= 15 is 0 Å². The van der Waals surface area contributed by atoms with Crippen molar-refractivity contribution in [2.24, 2.45) is 0 Å². The second-order valence-corrected chi connectivity index (χ2v) is 9.47. The molecule has 2 atom stereocenters. The molecule has 0 unspecified atom stereocenters. The Morgan fingerprint density at radius 3 is 2.69 bits per heavy atom. The third-order valence-corrected chi connectivity index (χ3v) is 7.07. The lowest BCUT2D eigenvalue weighted by molar-refractivity contribution is 0.0841. The van der Waals surface area contributed by atoms with E-state index in [4.69, 9.17) is 21.7 Å². The largest absolute Gasteiger partial charge is 0.497 e. The molecule has 144 valence electrons. The summed E-state index contributed by atoms with van der Waals surface area (Å²) < 4.78 is 34.7. The maximum Gasteiger partial charge on any atom is 0.169 e. The summed E-state index contributed by atoms with van der Waals surface area (Å²) >= 11 is 5.61. The molecule has 0 aliphatic carbocycles. The van der Waals surface area contributed by atoms with E-state index in [2.05, 4.69) is 5.32 Å². The Labute approximate surface area is 160 Å². The van der Waals surface area contributed by atoms with Gasteiger partial charge in [-0.05, 0) is 49.2 Å². The molecule has 0 bridgehead atoms. The lowest BCUT2D eigenvalue weighted by Crippen LogP contribution is -2.49. The van der Waals surface area contributed by atoms with Gasteiger partial charge in [0, 0.05) is 25.7 Å². The minimum Gasteiger partial charge on any atom is -0.497 e. The van der Waals surface area contributed by atoms with Crippen LogP contribution in [0.2, 0.25) is 0 Å². The van der Waals surface area contributed by atoms with E-state index in [1.54, 1.807) is 7.11 Å². The van der Waals surface area contributed by atoms with E-state index in [0.717, 1.165) is 30.8 Å². The Hall–Kier alpha value is -1.38. The van der Waals surface area contributed by atoms with E-state index < -0.39 is 9.84 Å². The van der Waals surface area contributed by atoms with Crippen molar-refractivity contribution in [3.05, 3.63) is 29.8 Å². The van der Waals surface area contributed by atoms with Crippen LogP contribution in [0.3, 0.4) is 0 Å². The van der Waals surface area contributed by atoms with Gasteiger partial charge >= 0.3 is 0 Å². The molecule has 26 heavy (non-hydrogen) atoms. The van der Waals surface area contributed by atoms with E-state index in [1.807, 2.05) is 29.2 Å². The van der Waals surface area contributed by atoms with Crippen LogP contribution in [-0.4, -0.2) is 62.3 Å². The number of nitrogens with one attached hydrogen (secondary N) is 1. The Morgan fingerprint density at radius 2 is 2.12 bits per heavy atom. The SMILES string of the molecule is COc1ccc(CNC(=S)N(C[C@H]2CCCO2)[C@H]2CCS(=O)(=O)C2)cc1. The van der Waals surface area contributed by atoms with E-state index in [1.165, 1.54) is 0 Å². The number of benzene rings is 1. The van der Waals surface area contributed by atoms with E-state index in [9.17, 15) is 8.42 Å². The predicted molar refractivity (Wildman–Crippen MR) is 105 cm³/mol. The van der Waals surface area contributed by atoms with Crippen LogP contribution in [0.1, 0.15) is 24.8 Å². The molecule has 0 amide bonds. The fourth-order valence-electron chi connectivity index (χ4n) is 3.45. The molecule has 1 aromatic rings. The average Bonchev–Trinajstić information content (AvgIpc) is 3.27. The zero-order valence-electron chi connectivity index (χ0n) is 15.0. The fraction of sp³-hybridized carbons (Fsp3) is 0.611. The first-order valence-electron chi connectivity index (χ1n) is 8.96. The molecule has 0 saturated carbocycles. The van der Waals surface area contributed by atoms with Crippen LogP contribution in [0.4, 0.5) is 0 Å². The predicted octanol–water partition coefficient (Wildman–Crippen LogP) is 1.74. The molecule has 1 N–H and O–H groups in total. The van der Waals surface area contributed by atoms with Gasteiger partial charge < -0.3 is 19.7 Å². The molecule has 2 aliphatic rings. The summed E-state index contributed by atoms with van der Waals surface area (Å²) in [6.07, 6.45) is 2.79. The number of nitrogens with zero attached hydrogens (tertiary/aromatic N) is 1.